The van der Waals surface area contributed by atoms with Crippen LogP contribution in [-0.4, -0.2) is 4.98 Å². The summed E-state index contributed by atoms with van der Waals surface area (Å²) in [5, 5.41) is 9.08. The largest absolute Gasteiger partial charge is 0.260 e. The minimum atomic E-state index is 0.00110. The lowest BCUT2D eigenvalue weighted by Crippen LogP contribution is -2.14. The fraction of sp³-hybridized carbons (Fsp3) is 0.538. The van der Waals surface area contributed by atoms with Crippen LogP contribution in [0.3, 0.4) is 0 Å². The lowest BCUT2D eigenvalue weighted by atomic mass is 9.89. The minimum absolute atomic E-state index is 0.00110. The van der Waals surface area contributed by atoms with Gasteiger partial charge in [0.25, 0.3) is 0 Å². The van der Waals surface area contributed by atoms with Crippen molar-refractivity contribution in [1.82, 2.24) is 4.98 Å². The molecule has 15 heavy (non-hydrogen) atoms. The number of nitrogens with zero attached hydrogens (tertiary/aromatic N) is 2. The average Bonchev–Trinajstić information content (AvgIpc) is 2.15. The standard InChI is InChI=1S/C13H18N2/c1-9(2)11-8-15-12(13(3,4)5)6-10(11)7-14/h6,8-9H,1-5H3. The van der Waals surface area contributed by atoms with Crippen LogP contribution in [0.1, 0.15) is 57.4 Å². The lowest BCUT2D eigenvalue weighted by Gasteiger charge is -2.19. The number of nitriles is 1. The fourth-order valence-corrected chi connectivity index (χ4v) is 1.43. The first-order valence-electron chi connectivity index (χ1n) is 5.26. The highest BCUT2D eigenvalue weighted by Gasteiger charge is 2.17. The summed E-state index contributed by atoms with van der Waals surface area (Å²) in [5.41, 5.74) is 2.76. The summed E-state index contributed by atoms with van der Waals surface area (Å²) in [5.74, 6) is 0.348. The first kappa shape index (κ1) is 11.7. The van der Waals surface area contributed by atoms with Gasteiger partial charge < -0.3 is 0 Å². The van der Waals surface area contributed by atoms with Gasteiger partial charge in [-0.15, -0.1) is 0 Å². The molecule has 0 aliphatic rings. The normalized spacial score (nSPS) is 11.5. The Morgan fingerprint density at radius 3 is 2.33 bits per heavy atom. The molecule has 2 nitrogen and oxygen atoms in total. The molecule has 1 aromatic heterocycles. The van der Waals surface area contributed by atoms with Gasteiger partial charge in [-0.3, -0.25) is 4.98 Å². The second-order valence-corrected chi connectivity index (χ2v) is 5.17. The Morgan fingerprint density at radius 2 is 1.93 bits per heavy atom. The molecule has 0 spiro atoms. The van der Waals surface area contributed by atoms with Gasteiger partial charge in [0.05, 0.1) is 11.6 Å². The van der Waals surface area contributed by atoms with Crippen molar-refractivity contribution in [1.29, 1.82) is 5.26 Å². The molecular formula is C13H18N2. The van der Waals surface area contributed by atoms with E-state index in [1.807, 2.05) is 12.3 Å². The van der Waals surface area contributed by atoms with Crippen LogP contribution in [0.25, 0.3) is 0 Å². The first-order chi connectivity index (χ1) is 6.86. The van der Waals surface area contributed by atoms with Gasteiger partial charge in [0.1, 0.15) is 0 Å². The van der Waals surface area contributed by atoms with Crippen molar-refractivity contribution in [2.75, 3.05) is 0 Å². The van der Waals surface area contributed by atoms with E-state index in [4.69, 9.17) is 5.26 Å². The maximum Gasteiger partial charge on any atom is 0.0995 e. The molecule has 0 aromatic carbocycles. The van der Waals surface area contributed by atoms with Crippen molar-refractivity contribution in [3.8, 4) is 6.07 Å². The van der Waals surface area contributed by atoms with E-state index < -0.39 is 0 Å². The van der Waals surface area contributed by atoms with Crippen LogP contribution in [0.5, 0.6) is 0 Å². The highest BCUT2D eigenvalue weighted by atomic mass is 14.7. The van der Waals surface area contributed by atoms with E-state index in [1.165, 1.54) is 0 Å². The number of hydrogen-bond acceptors (Lipinski definition) is 2. The van der Waals surface area contributed by atoms with Gasteiger partial charge in [-0.05, 0) is 17.5 Å². The molecule has 0 unspecified atom stereocenters. The summed E-state index contributed by atoms with van der Waals surface area (Å²) in [6.07, 6.45) is 1.84. The summed E-state index contributed by atoms with van der Waals surface area (Å²) >= 11 is 0. The smallest absolute Gasteiger partial charge is 0.0995 e. The van der Waals surface area contributed by atoms with Crippen LogP contribution in [0.4, 0.5) is 0 Å². The predicted octanol–water partition coefficient (Wildman–Crippen LogP) is 3.37. The summed E-state index contributed by atoms with van der Waals surface area (Å²) in [6.45, 7) is 10.5. The summed E-state index contributed by atoms with van der Waals surface area (Å²) in [4.78, 5) is 4.43. The summed E-state index contributed by atoms with van der Waals surface area (Å²) < 4.78 is 0. The van der Waals surface area contributed by atoms with Crippen molar-refractivity contribution in [2.24, 2.45) is 0 Å². The third kappa shape index (κ3) is 2.56. The molecule has 1 aromatic rings. The van der Waals surface area contributed by atoms with Gasteiger partial charge in [0.2, 0.25) is 0 Å². The maximum atomic E-state index is 9.08. The van der Waals surface area contributed by atoms with Gasteiger partial charge in [-0.25, -0.2) is 0 Å². The first-order valence-corrected chi connectivity index (χ1v) is 5.26. The monoisotopic (exact) mass is 202 g/mol. The zero-order valence-corrected chi connectivity index (χ0v) is 10.1. The third-order valence-electron chi connectivity index (χ3n) is 2.45. The zero-order valence-electron chi connectivity index (χ0n) is 10.1. The molecule has 0 saturated heterocycles. The van der Waals surface area contributed by atoms with Gasteiger partial charge in [0.15, 0.2) is 0 Å². The number of rotatable bonds is 1. The molecule has 1 rings (SSSR count). The number of pyridine rings is 1. The highest BCUT2D eigenvalue weighted by Crippen LogP contribution is 2.24. The second kappa shape index (κ2) is 4.02. The molecule has 0 aliphatic heterocycles. The van der Waals surface area contributed by atoms with E-state index in [9.17, 15) is 0 Å². The molecule has 0 radical (unpaired) electrons. The summed E-state index contributed by atoms with van der Waals surface area (Å²) in [6, 6.07) is 4.16. The predicted molar refractivity (Wildman–Crippen MR) is 61.7 cm³/mol. The van der Waals surface area contributed by atoms with Gasteiger partial charge in [0, 0.05) is 17.3 Å². The molecule has 80 valence electrons. The van der Waals surface area contributed by atoms with Crippen molar-refractivity contribution in [2.45, 2.75) is 46.0 Å². The molecule has 2 heteroatoms. The van der Waals surface area contributed by atoms with E-state index in [2.05, 4.69) is 45.7 Å². The van der Waals surface area contributed by atoms with Crippen LogP contribution >= 0.6 is 0 Å². The Balaban J connectivity index is 3.27. The van der Waals surface area contributed by atoms with Crippen LogP contribution < -0.4 is 0 Å². The molecule has 0 aliphatic carbocycles. The van der Waals surface area contributed by atoms with Gasteiger partial charge in [-0.1, -0.05) is 34.6 Å². The Labute approximate surface area is 92.0 Å². The van der Waals surface area contributed by atoms with E-state index >= 15 is 0 Å². The Kier molecular flexibility index (Phi) is 3.14. The van der Waals surface area contributed by atoms with Crippen molar-refractivity contribution in [3.05, 3.63) is 29.1 Å². The average molecular weight is 202 g/mol. The Morgan fingerprint density at radius 1 is 1.33 bits per heavy atom. The van der Waals surface area contributed by atoms with E-state index in [-0.39, 0.29) is 5.41 Å². The number of aromatic nitrogens is 1. The number of hydrogen-bond donors (Lipinski definition) is 0. The topological polar surface area (TPSA) is 36.7 Å². The van der Waals surface area contributed by atoms with Crippen molar-refractivity contribution >= 4 is 0 Å². The SMILES string of the molecule is CC(C)c1cnc(C(C)(C)C)cc1C#N. The van der Waals surface area contributed by atoms with Crippen LogP contribution in [0.15, 0.2) is 12.3 Å². The van der Waals surface area contributed by atoms with Gasteiger partial charge >= 0.3 is 0 Å². The third-order valence-corrected chi connectivity index (χ3v) is 2.45. The molecule has 0 bridgehead atoms. The van der Waals surface area contributed by atoms with Crippen molar-refractivity contribution in [3.63, 3.8) is 0 Å². The Hall–Kier alpha value is -1.36. The quantitative estimate of drug-likeness (QED) is 0.700. The van der Waals surface area contributed by atoms with Crippen molar-refractivity contribution < 1.29 is 0 Å². The van der Waals surface area contributed by atoms with E-state index in [0.29, 0.717) is 5.92 Å². The fourth-order valence-electron chi connectivity index (χ4n) is 1.43. The molecule has 0 fully saturated rings. The molecule has 0 atom stereocenters. The van der Waals surface area contributed by atoms with Crippen LogP contribution in [-0.2, 0) is 5.41 Å². The molecule has 0 N–H and O–H groups in total. The maximum absolute atomic E-state index is 9.08. The second-order valence-electron chi connectivity index (χ2n) is 5.17. The molecule has 0 saturated carbocycles. The lowest BCUT2D eigenvalue weighted by molar-refractivity contribution is 0.567. The van der Waals surface area contributed by atoms with Gasteiger partial charge in [-0.2, -0.15) is 5.26 Å². The molecule has 0 amide bonds. The van der Waals surface area contributed by atoms with Crippen LogP contribution in [0, 0.1) is 11.3 Å². The molecular weight excluding hydrogens is 184 g/mol. The summed E-state index contributed by atoms with van der Waals surface area (Å²) in [7, 11) is 0. The van der Waals surface area contributed by atoms with E-state index in [0.717, 1.165) is 16.8 Å². The Bertz CT molecular complexity index is 392. The highest BCUT2D eigenvalue weighted by molar-refractivity contribution is 5.40. The zero-order chi connectivity index (χ0) is 11.6. The molecule has 1 heterocycles. The van der Waals surface area contributed by atoms with Crippen LogP contribution in [0.2, 0.25) is 0 Å². The van der Waals surface area contributed by atoms with E-state index in [1.54, 1.807) is 0 Å². The minimum Gasteiger partial charge on any atom is -0.260 e.